The van der Waals surface area contributed by atoms with E-state index in [2.05, 4.69) is 5.10 Å². The van der Waals surface area contributed by atoms with Crippen LogP contribution in [0.1, 0.15) is 13.8 Å². The van der Waals surface area contributed by atoms with Crippen LogP contribution in [0.2, 0.25) is 0 Å². The monoisotopic (exact) mass is 182 g/mol. The highest BCUT2D eigenvalue weighted by Gasteiger charge is 2.10. The molecule has 0 fully saturated rings. The van der Waals surface area contributed by atoms with E-state index in [-0.39, 0.29) is 18.0 Å². The third-order valence-corrected chi connectivity index (χ3v) is 1.91. The molecule has 13 heavy (non-hydrogen) atoms. The smallest absolute Gasteiger partial charge is 0.266 e. The van der Waals surface area contributed by atoms with Crippen LogP contribution in [0.4, 0.5) is 0 Å². The second-order valence-electron chi connectivity index (χ2n) is 3.36. The van der Waals surface area contributed by atoms with Crippen molar-refractivity contribution in [1.29, 1.82) is 0 Å². The van der Waals surface area contributed by atoms with Gasteiger partial charge in [-0.25, -0.2) is 4.68 Å². The standard InChI is InChI=1S/C9H14N2O2/c1-7(2)8(12)6-11-9(13)4-3-5-10-11/h3-5,7-8,12H,6H2,1-2H3. The molecule has 0 aliphatic heterocycles. The number of hydrogen-bond acceptors (Lipinski definition) is 3. The van der Waals surface area contributed by atoms with Crippen molar-refractivity contribution in [3.63, 3.8) is 0 Å². The molecule has 1 atom stereocenters. The molecule has 1 aromatic heterocycles. The molecule has 0 spiro atoms. The highest BCUT2D eigenvalue weighted by Crippen LogP contribution is 2.01. The second kappa shape index (κ2) is 4.18. The number of rotatable bonds is 3. The molecular formula is C9H14N2O2. The van der Waals surface area contributed by atoms with Crippen LogP contribution < -0.4 is 5.56 Å². The number of nitrogens with zero attached hydrogens (tertiary/aromatic N) is 2. The maximum atomic E-state index is 11.2. The first-order valence-corrected chi connectivity index (χ1v) is 4.31. The predicted octanol–water partition coefficient (Wildman–Crippen LogP) is 0.260. The summed E-state index contributed by atoms with van der Waals surface area (Å²) in [6, 6.07) is 3.01. The van der Waals surface area contributed by atoms with E-state index < -0.39 is 6.10 Å². The molecule has 0 radical (unpaired) electrons. The fourth-order valence-corrected chi connectivity index (χ4v) is 0.912. The van der Waals surface area contributed by atoms with Crippen LogP contribution in [-0.4, -0.2) is 21.0 Å². The first-order chi connectivity index (χ1) is 6.11. The molecular weight excluding hydrogens is 168 g/mol. The molecule has 0 aliphatic rings. The van der Waals surface area contributed by atoms with Crippen LogP contribution in [0.3, 0.4) is 0 Å². The van der Waals surface area contributed by atoms with E-state index in [1.807, 2.05) is 13.8 Å². The zero-order chi connectivity index (χ0) is 9.84. The Morgan fingerprint density at radius 3 is 2.85 bits per heavy atom. The lowest BCUT2D eigenvalue weighted by molar-refractivity contribution is 0.101. The van der Waals surface area contributed by atoms with Crippen LogP contribution in [-0.2, 0) is 6.54 Å². The van der Waals surface area contributed by atoms with Gasteiger partial charge in [-0.05, 0) is 12.0 Å². The minimum Gasteiger partial charge on any atom is -0.391 e. The Hall–Kier alpha value is -1.16. The minimum atomic E-state index is -0.521. The van der Waals surface area contributed by atoms with E-state index >= 15 is 0 Å². The molecule has 1 N–H and O–H groups in total. The fraction of sp³-hybridized carbons (Fsp3) is 0.556. The normalized spacial score (nSPS) is 13.2. The van der Waals surface area contributed by atoms with Crippen LogP contribution in [0.15, 0.2) is 23.1 Å². The fourth-order valence-electron chi connectivity index (χ4n) is 0.912. The summed E-state index contributed by atoms with van der Waals surface area (Å²) < 4.78 is 1.27. The molecule has 0 saturated heterocycles. The van der Waals surface area contributed by atoms with E-state index in [1.165, 1.54) is 16.9 Å². The molecule has 1 rings (SSSR count). The summed E-state index contributed by atoms with van der Waals surface area (Å²) in [5, 5.41) is 13.3. The Morgan fingerprint density at radius 1 is 1.62 bits per heavy atom. The quantitative estimate of drug-likeness (QED) is 0.729. The predicted molar refractivity (Wildman–Crippen MR) is 49.3 cm³/mol. The van der Waals surface area contributed by atoms with Crippen LogP contribution in [0.25, 0.3) is 0 Å². The first-order valence-electron chi connectivity index (χ1n) is 4.31. The van der Waals surface area contributed by atoms with Gasteiger partial charge in [0.1, 0.15) is 0 Å². The van der Waals surface area contributed by atoms with Gasteiger partial charge in [0.05, 0.1) is 12.6 Å². The van der Waals surface area contributed by atoms with Gasteiger partial charge in [0, 0.05) is 12.3 Å². The lowest BCUT2D eigenvalue weighted by Gasteiger charge is -2.14. The van der Waals surface area contributed by atoms with E-state index in [0.29, 0.717) is 0 Å². The van der Waals surface area contributed by atoms with E-state index in [4.69, 9.17) is 0 Å². The van der Waals surface area contributed by atoms with Gasteiger partial charge in [-0.2, -0.15) is 5.10 Å². The largest absolute Gasteiger partial charge is 0.391 e. The summed E-state index contributed by atoms with van der Waals surface area (Å²) in [5.74, 6) is 0.133. The topological polar surface area (TPSA) is 55.1 Å². The molecule has 0 bridgehead atoms. The summed E-state index contributed by atoms with van der Waals surface area (Å²) in [4.78, 5) is 11.2. The van der Waals surface area contributed by atoms with Gasteiger partial charge in [0.2, 0.25) is 0 Å². The maximum Gasteiger partial charge on any atom is 0.266 e. The molecule has 0 aliphatic carbocycles. The van der Waals surface area contributed by atoms with Gasteiger partial charge in [-0.3, -0.25) is 4.79 Å². The Kier molecular flexibility index (Phi) is 3.19. The summed E-state index contributed by atoms with van der Waals surface area (Å²) in [7, 11) is 0. The molecule has 4 nitrogen and oxygen atoms in total. The average Bonchev–Trinajstić information content (AvgIpc) is 2.08. The Balaban J connectivity index is 2.75. The molecule has 0 amide bonds. The van der Waals surface area contributed by atoms with Gasteiger partial charge < -0.3 is 5.11 Å². The molecule has 1 heterocycles. The minimum absolute atomic E-state index is 0.133. The van der Waals surface area contributed by atoms with Gasteiger partial charge >= 0.3 is 0 Å². The van der Waals surface area contributed by atoms with Gasteiger partial charge in [-0.1, -0.05) is 13.8 Å². The van der Waals surface area contributed by atoms with Crippen molar-refractivity contribution in [3.8, 4) is 0 Å². The first kappa shape index (κ1) is 9.92. The van der Waals surface area contributed by atoms with Crippen molar-refractivity contribution in [2.24, 2.45) is 5.92 Å². The third kappa shape index (κ3) is 2.66. The number of hydrogen-bond donors (Lipinski definition) is 1. The average molecular weight is 182 g/mol. The van der Waals surface area contributed by atoms with Crippen molar-refractivity contribution < 1.29 is 5.11 Å². The van der Waals surface area contributed by atoms with Crippen molar-refractivity contribution in [2.45, 2.75) is 26.5 Å². The van der Waals surface area contributed by atoms with Crippen molar-refractivity contribution in [3.05, 3.63) is 28.7 Å². The van der Waals surface area contributed by atoms with E-state index in [1.54, 1.807) is 6.07 Å². The summed E-state index contributed by atoms with van der Waals surface area (Å²) in [6.45, 7) is 4.06. The lowest BCUT2D eigenvalue weighted by atomic mass is 10.1. The Bertz CT molecular complexity index is 319. The van der Waals surface area contributed by atoms with Crippen LogP contribution in [0, 0.1) is 5.92 Å². The molecule has 0 saturated carbocycles. The summed E-state index contributed by atoms with van der Waals surface area (Å²) >= 11 is 0. The van der Waals surface area contributed by atoms with Gasteiger partial charge in [0.25, 0.3) is 5.56 Å². The molecule has 1 aromatic rings. The van der Waals surface area contributed by atoms with Crippen LogP contribution >= 0.6 is 0 Å². The maximum absolute atomic E-state index is 11.2. The zero-order valence-electron chi connectivity index (χ0n) is 7.84. The van der Waals surface area contributed by atoms with Crippen molar-refractivity contribution >= 4 is 0 Å². The Morgan fingerprint density at radius 2 is 2.31 bits per heavy atom. The molecule has 72 valence electrons. The third-order valence-electron chi connectivity index (χ3n) is 1.91. The highest BCUT2D eigenvalue weighted by molar-refractivity contribution is 4.85. The molecule has 4 heteroatoms. The number of aliphatic hydroxyl groups excluding tert-OH is 1. The van der Waals surface area contributed by atoms with Gasteiger partial charge in [0.15, 0.2) is 0 Å². The lowest BCUT2D eigenvalue weighted by Crippen LogP contribution is -2.30. The number of aromatic nitrogens is 2. The van der Waals surface area contributed by atoms with Crippen LogP contribution in [0.5, 0.6) is 0 Å². The van der Waals surface area contributed by atoms with Crippen molar-refractivity contribution in [1.82, 2.24) is 9.78 Å². The van der Waals surface area contributed by atoms with Gasteiger partial charge in [-0.15, -0.1) is 0 Å². The Labute approximate surface area is 76.8 Å². The van der Waals surface area contributed by atoms with E-state index in [0.717, 1.165) is 0 Å². The summed E-state index contributed by atoms with van der Waals surface area (Å²) in [5.41, 5.74) is -0.179. The molecule has 0 aromatic carbocycles. The summed E-state index contributed by atoms with van der Waals surface area (Å²) in [6.07, 6.45) is 1.02. The zero-order valence-corrected chi connectivity index (χ0v) is 7.84. The van der Waals surface area contributed by atoms with Crippen molar-refractivity contribution in [2.75, 3.05) is 0 Å². The SMILES string of the molecule is CC(C)C(O)Cn1ncccc1=O. The van der Waals surface area contributed by atoms with E-state index in [9.17, 15) is 9.90 Å². The number of aliphatic hydroxyl groups is 1. The second-order valence-corrected chi connectivity index (χ2v) is 3.36. The molecule has 1 unspecified atom stereocenters. The highest BCUT2D eigenvalue weighted by atomic mass is 16.3.